The lowest BCUT2D eigenvalue weighted by Crippen LogP contribution is -2.45. The largest absolute Gasteiger partial charge is 0.459 e. The molecule has 8 heteroatoms. The molecule has 1 N–H and O–H groups in total. The summed E-state index contributed by atoms with van der Waals surface area (Å²) in [5.41, 5.74) is -2.42. The van der Waals surface area contributed by atoms with Crippen LogP contribution in [-0.2, 0) is 14.9 Å². The van der Waals surface area contributed by atoms with Gasteiger partial charge in [0.2, 0.25) is 0 Å². The van der Waals surface area contributed by atoms with E-state index in [2.05, 4.69) is 11.4 Å². The lowest BCUT2D eigenvalue weighted by Gasteiger charge is -2.37. The third-order valence-corrected chi connectivity index (χ3v) is 6.63. The van der Waals surface area contributed by atoms with Gasteiger partial charge in [0, 0.05) is 22.5 Å². The van der Waals surface area contributed by atoms with E-state index in [0.29, 0.717) is 17.0 Å². The second-order valence-electron chi connectivity index (χ2n) is 11.2. The van der Waals surface area contributed by atoms with E-state index < -0.39 is 46.6 Å². The Bertz CT molecular complexity index is 1170. The summed E-state index contributed by atoms with van der Waals surface area (Å²) >= 11 is 12.1. The molecular formula is C27H30Cl2F2N2O2. The van der Waals surface area contributed by atoms with Crippen LogP contribution in [0.1, 0.15) is 65.0 Å². The van der Waals surface area contributed by atoms with Crippen LogP contribution in [0.25, 0.3) is 0 Å². The van der Waals surface area contributed by atoms with E-state index in [0.717, 1.165) is 0 Å². The third-order valence-electron chi connectivity index (χ3n) is 6.11. The molecule has 1 fully saturated rings. The minimum Gasteiger partial charge on any atom is -0.459 e. The van der Waals surface area contributed by atoms with Gasteiger partial charge in [-0.2, -0.15) is 5.26 Å². The SMILES string of the molecule is CC(C)(C)C[C@@H]1N[C@@H](C(=O)OC(C)(C)C)[C@H](c2cccc(Cl)c2)[C@@]1(C#N)c1ccc(Cl)c(F)c1F. The average molecular weight is 523 g/mol. The Morgan fingerprint density at radius 2 is 1.77 bits per heavy atom. The number of hydrogen-bond acceptors (Lipinski definition) is 4. The van der Waals surface area contributed by atoms with Gasteiger partial charge in [-0.25, -0.2) is 8.78 Å². The van der Waals surface area contributed by atoms with Gasteiger partial charge in [-0.3, -0.25) is 10.1 Å². The second-order valence-corrected chi connectivity index (χ2v) is 12.1. The normalized spacial score (nSPS) is 24.8. The van der Waals surface area contributed by atoms with Crippen LogP contribution in [-0.4, -0.2) is 23.7 Å². The summed E-state index contributed by atoms with van der Waals surface area (Å²) in [4.78, 5) is 13.5. The van der Waals surface area contributed by atoms with Crippen LogP contribution in [0.15, 0.2) is 36.4 Å². The molecule has 0 unspecified atom stereocenters. The maximum Gasteiger partial charge on any atom is 0.324 e. The van der Waals surface area contributed by atoms with E-state index in [1.165, 1.54) is 12.1 Å². The van der Waals surface area contributed by atoms with Crippen molar-refractivity contribution >= 4 is 29.2 Å². The van der Waals surface area contributed by atoms with Crippen molar-refractivity contribution in [2.45, 2.75) is 77.0 Å². The van der Waals surface area contributed by atoms with Crippen molar-refractivity contribution in [2.24, 2.45) is 5.41 Å². The van der Waals surface area contributed by atoms with E-state index in [4.69, 9.17) is 27.9 Å². The Labute approximate surface area is 215 Å². The quantitative estimate of drug-likeness (QED) is 0.349. The van der Waals surface area contributed by atoms with Crippen LogP contribution >= 0.6 is 23.2 Å². The van der Waals surface area contributed by atoms with Crippen LogP contribution in [0.5, 0.6) is 0 Å². The van der Waals surface area contributed by atoms with Gasteiger partial charge >= 0.3 is 5.97 Å². The lowest BCUT2D eigenvalue weighted by molar-refractivity contribution is -0.157. The molecular weight excluding hydrogens is 493 g/mol. The van der Waals surface area contributed by atoms with E-state index in [-0.39, 0.29) is 16.0 Å². The summed E-state index contributed by atoms with van der Waals surface area (Å²) in [7, 11) is 0. The van der Waals surface area contributed by atoms with Crippen LogP contribution in [0.4, 0.5) is 8.78 Å². The summed E-state index contributed by atoms with van der Waals surface area (Å²) < 4.78 is 36.0. The minimum atomic E-state index is -1.67. The molecule has 1 saturated heterocycles. The van der Waals surface area contributed by atoms with Crippen molar-refractivity contribution in [3.05, 3.63) is 69.2 Å². The molecule has 4 atom stereocenters. The zero-order chi connectivity index (χ0) is 26.3. The van der Waals surface area contributed by atoms with Gasteiger partial charge in [0.15, 0.2) is 11.6 Å². The molecule has 0 saturated carbocycles. The third kappa shape index (κ3) is 5.48. The topological polar surface area (TPSA) is 62.1 Å². The standard InChI is InChI=1S/C27H30Cl2F2N2O2/c1-25(2,3)13-19-27(14-32,17-10-11-18(29)22(31)21(17)30)20(15-8-7-9-16(28)12-15)23(33-19)24(34)35-26(4,5)6/h7-12,19-20,23,33H,13H2,1-6H3/t19-,20-,23+,27-/m0/s1. The number of carbonyl (C=O) groups is 1. The highest BCUT2D eigenvalue weighted by Crippen LogP contribution is 2.52. The fourth-order valence-electron chi connectivity index (χ4n) is 4.89. The molecule has 2 aromatic carbocycles. The fraction of sp³-hybridized carbons (Fsp3) is 0.481. The number of ether oxygens (including phenoxy) is 1. The summed E-state index contributed by atoms with van der Waals surface area (Å²) in [5.74, 6) is -3.97. The maximum absolute atomic E-state index is 15.5. The molecule has 0 radical (unpaired) electrons. The molecule has 0 aromatic heterocycles. The number of nitrogens with zero attached hydrogens (tertiary/aromatic N) is 1. The summed E-state index contributed by atoms with van der Waals surface area (Å²) in [5, 5.41) is 14.0. The lowest BCUT2D eigenvalue weighted by atomic mass is 9.63. The molecule has 1 aliphatic rings. The van der Waals surface area contributed by atoms with Gasteiger partial charge in [-0.1, -0.05) is 62.2 Å². The van der Waals surface area contributed by atoms with Crippen molar-refractivity contribution < 1.29 is 18.3 Å². The van der Waals surface area contributed by atoms with E-state index in [9.17, 15) is 14.4 Å². The first kappa shape index (κ1) is 27.4. The van der Waals surface area contributed by atoms with Crippen LogP contribution < -0.4 is 5.32 Å². The molecule has 3 rings (SSSR count). The Hall–Kier alpha value is -2.20. The number of benzene rings is 2. The van der Waals surface area contributed by atoms with Crippen LogP contribution in [0, 0.1) is 28.4 Å². The van der Waals surface area contributed by atoms with Crippen molar-refractivity contribution in [2.75, 3.05) is 0 Å². The molecule has 0 spiro atoms. The van der Waals surface area contributed by atoms with E-state index in [1.54, 1.807) is 45.0 Å². The Kier molecular flexibility index (Phi) is 7.58. The zero-order valence-corrected chi connectivity index (χ0v) is 22.2. The van der Waals surface area contributed by atoms with Crippen molar-refractivity contribution in [3.63, 3.8) is 0 Å². The van der Waals surface area contributed by atoms with Crippen molar-refractivity contribution in [1.82, 2.24) is 5.32 Å². The number of esters is 1. The molecule has 0 amide bonds. The molecule has 4 nitrogen and oxygen atoms in total. The first-order valence-electron chi connectivity index (χ1n) is 11.4. The molecule has 0 aliphatic carbocycles. The summed E-state index contributed by atoms with van der Waals surface area (Å²) in [6, 6.07) is 9.87. The Balaban J connectivity index is 2.36. The zero-order valence-electron chi connectivity index (χ0n) is 20.7. The second kappa shape index (κ2) is 9.69. The molecule has 2 aromatic rings. The smallest absolute Gasteiger partial charge is 0.324 e. The first-order valence-corrected chi connectivity index (χ1v) is 12.2. The molecule has 188 valence electrons. The van der Waals surface area contributed by atoms with Crippen LogP contribution in [0.3, 0.4) is 0 Å². The van der Waals surface area contributed by atoms with Gasteiger partial charge in [-0.05, 0) is 56.4 Å². The number of rotatable bonds is 4. The van der Waals surface area contributed by atoms with Gasteiger partial charge in [-0.15, -0.1) is 0 Å². The predicted octanol–water partition coefficient (Wildman–Crippen LogP) is 6.94. The number of halogens is 4. The van der Waals surface area contributed by atoms with Gasteiger partial charge in [0.25, 0.3) is 0 Å². The van der Waals surface area contributed by atoms with Gasteiger partial charge < -0.3 is 4.74 Å². The average Bonchev–Trinajstić information content (AvgIpc) is 3.04. The fourth-order valence-corrected chi connectivity index (χ4v) is 5.23. The molecule has 0 bridgehead atoms. The molecule has 1 aliphatic heterocycles. The highest BCUT2D eigenvalue weighted by Gasteiger charge is 2.61. The van der Waals surface area contributed by atoms with E-state index >= 15 is 4.39 Å². The summed E-state index contributed by atoms with van der Waals surface area (Å²) in [6.07, 6.45) is 0.389. The number of carbonyl (C=O) groups excluding carboxylic acids is 1. The summed E-state index contributed by atoms with van der Waals surface area (Å²) in [6.45, 7) is 11.2. The molecule has 35 heavy (non-hydrogen) atoms. The number of hydrogen-bond donors (Lipinski definition) is 1. The monoisotopic (exact) mass is 522 g/mol. The highest BCUT2D eigenvalue weighted by molar-refractivity contribution is 6.31. The molecule has 1 heterocycles. The van der Waals surface area contributed by atoms with Crippen LogP contribution in [0.2, 0.25) is 10.0 Å². The first-order chi connectivity index (χ1) is 16.1. The van der Waals surface area contributed by atoms with Gasteiger partial charge in [0.1, 0.15) is 17.1 Å². The maximum atomic E-state index is 15.5. The Morgan fingerprint density at radius 3 is 2.31 bits per heavy atom. The number of nitrogens with one attached hydrogen (secondary N) is 1. The number of nitriles is 1. The predicted molar refractivity (Wildman–Crippen MR) is 133 cm³/mol. The van der Waals surface area contributed by atoms with Crippen molar-refractivity contribution in [1.29, 1.82) is 5.26 Å². The minimum absolute atomic E-state index is 0.167. The van der Waals surface area contributed by atoms with E-state index in [1.807, 2.05) is 20.8 Å². The Morgan fingerprint density at radius 1 is 1.11 bits per heavy atom. The van der Waals surface area contributed by atoms with Gasteiger partial charge in [0.05, 0.1) is 11.1 Å². The highest BCUT2D eigenvalue weighted by atomic mass is 35.5. The van der Waals surface area contributed by atoms with Crippen molar-refractivity contribution in [3.8, 4) is 6.07 Å².